The van der Waals surface area contributed by atoms with E-state index in [4.69, 9.17) is 9.47 Å². The van der Waals surface area contributed by atoms with Gasteiger partial charge in [-0.3, -0.25) is 0 Å². The molecule has 2 aromatic rings. The van der Waals surface area contributed by atoms with Crippen LogP contribution in [0.25, 0.3) is 11.1 Å². The summed E-state index contributed by atoms with van der Waals surface area (Å²) in [7, 11) is 0. The number of unbranched alkanes of at least 4 members (excludes halogenated alkanes) is 3. The second kappa shape index (κ2) is 15.0. The Morgan fingerprint density at radius 2 is 1.34 bits per heavy atom. The van der Waals surface area contributed by atoms with Crippen molar-refractivity contribution >= 4 is 5.97 Å². The number of benzene rings is 2. The molecule has 1 aliphatic rings. The van der Waals surface area contributed by atoms with Gasteiger partial charge in [-0.25, -0.2) is 4.79 Å². The third-order valence-corrected chi connectivity index (χ3v) is 7.58. The van der Waals surface area contributed by atoms with Gasteiger partial charge in [0.1, 0.15) is 5.75 Å². The zero-order valence-corrected chi connectivity index (χ0v) is 22.3. The molecule has 1 fully saturated rings. The Morgan fingerprint density at radius 3 is 1.89 bits per heavy atom. The van der Waals surface area contributed by atoms with Gasteiger partial charge in [0.25, 0.3) is 0 Å². The minimum atomic E-state index is -0.606. The van der Waals surface area contributed by atoms with Gasteiger partial charge in [0.15, 0.2) is 6.10 Å². The minimum absolute atomic E-state index is 0.336. The molecule has 1 saturated carbocycles. The van der Waals surface area contributed by atoms with Crippen molar-refractivity contribution in [3.8, 4) is 16.9 Å². The molecule has 1 atom stereocenters. The zero-order valence-electron chi connectivity index (χ0n) is 22.3. The van der Waals surface area contributed by atoms with Gasteiger partial charge >= 0.3 is 5.97 Å². The average Bonchev–Trinajstić information content (AvgIpc) is 2.88. The molecule has 0 radical (unpaired) electrons. The van der Waals surface area contributed by atoms with Crippen molar-refractivity contribution in [2.45, 2.75) is 104 Å². The summed E-state index contributed by atoms with van der Waals surface area (Å²) in [5.74, 6) is 2.34. The van der Waals surface area contributed by atoms with Gasteiger partial charge in [0, 0.05) is 0 Å². The Morgan fingerprint density at radius 1 is 0.800 bits per heavy atom. The van der Waals surface area contributed by atoms with E-state index in [-0.39, 0.29) is 5.97 Å². The first kappa shape index (κ1) is 27.3. The number of carbonyl (C=O) groups excluding carboxylic acids is 1. The maximum absolute atomic E-state index is 11.7. The van der Waals surface area contributed by atoms with Gasteiger partial charge in [-0.05, 0) is 67.3 Å². The minimum Gasteiger partial charge on any atom is -0.479 e. The van der Waals surface area contributed by atoms with Crippen molar-refractivity contribution in [1.82, 2.24) is 0 Å². The molecule has 192 valence electrons. The van der Waals surface area contributed by atoms with E-state index in [0.29, 0.717) is 12.4 Å². The Kier molecular flexibility index (Phi) is 11.7. The van der Waals surface area contributed by atoms with Crippen molar-refractivity contribution in [2.75, 3.05) is 6.61 Å². The van der Waals surface area contributed by atoms with E-state index >= 15 is 0 Å². The number of esters is 1. The molecule has 3 rings (SSSR count). The maximum Gasteiger partial charge on any atom is 0.347 e. The highest BCUT2D eigenvalue weighted by molar-refractivity contribution is 5.74. The summed E-state index contributed by atoms with van der Waals surface area (Å²) < 4.78 is 10.7. The number of carbonyl (C=O) groups is 1. The van der Waals surface area contributed by atoms with E-state index in [2.05, 4.69) is 31.2 Å². The first-order valence-electron chi connectivity index (χ1n) is 14.1. The fraction of sp³-hybridized carbons (Fsp3) is 0.594. The molecule has 0 bridgehead atoms. The van der Waals surface area contributed by atoms with E-state index in [1.165, 1.54) is 88.2 Å². The Hall–Kier alpha value is -2.29. The smallest absolute Gasteiger partial charge is 0.347 e. The molecule has 0 heterocycles. The lowest BCUT2D eigenvalue weighted by Crippen LogP contribution is -2.25. The molecule has 1 aliphatic carbocycles. The second-order valence-corrected chi connectivity index (χ2v) is 10.4. The van der Waals surface area contributed by atoms with E-state index in [9.17, 15) is 4.79 Å². The molecule has 2 aromatic carbocycles. The molecule has 0 saturated heterocycles. The molecule has 0 unspecified atom stereocenters. The van der Waals surface area contributed by atoms with Gasteiger partial charge in [-0.15, -0.1) is 0 Å². The van der Waals surface area contributed by atoms with E-state index in [1.54, 1.807) is 13.8 Å². The molecule has 0 aliphatic heterocycles. The highest BCUT2D eigenvalue weighted by atomic mass is 16.6. The standard InChI is InChI=1S/C32H46O3/c1-4-6-7-10-26-13-15-27(16-14-26)11-8-9-12-28-17-19-29(20-18-28)30-21-23-31(24-22-30)35-25(3)32(33)34-5-2/h17-27H,4-16H2,1-3H3/t25-,26-,27-/m1/s1. The van der Waals surface area contributed by atoms with Gasteiger partial charge in [0.05, 0.1) is 6.61 Å². The summed E-state index contributed by atoms with van der Waals surface area (Å²) in [6.45, 7) is 6.18. The van der Waals surface area contributed by atoms with Crippen LogP contribution in [0.1, 0.15) is 97.0 Å². The normalized spacial score (nSPS) is 18.7. The molecule has 0 spiro atoms. The fourth-order valence-corrected chi connectivity index (χ4v) is 5.36. The van der Waals surface area contributed by atoms with Crippen molar-refractivity contribution in [1.29, 1.82) is 0 Å². The number of hydrogen-bond donors (Lipinski definition) is 0. The molecular formula is C32H46O3. The quantitative estimate of drug-likeness (QED) is 0.201. The second-order valence-electron chi connectivity index (χ2n) is 10.4. The monoisotopic (exact) mass is 478 g/mol. The highest BCUT2D eigenvalue weighted by Crippen LogP contribution is 2.34. The molecule has 3 heteroatoms. The molecule has 0 aromatic heterocycles. The summed E-state index contributed by atoms with van der Waals surface area (Å²) in [4.78, 5) is 11.7. The van der Waals surface area contributed by atoms with E-state index in [1.807, 2.05) is 24.3 Å². The third-order valence-electron chi connectivity index (χ3n) is 7.58. The summed E-state index contributed by atoms with van der Waals surface area (Å²) in [6.07, 6.45) is 16.2. The van der Waals surface area contributed by atoms with Crippen molar-refractivity contribution in [3.05, 3.63) is 54.1 Å². The molecule has 0 N–H and O–H groups in total. The summed E-state index contributed by atoms with van der Waals surface area (Å²) in [5.41, 5.74) is 3.78. The van der Waals surface area contributed by atoms with Crippen LogP contribution in [0.15, 0.2) is 48.5 Å². The predicted molar refractivity (Wildman–Crippen MR) is 146 cm³/mol. The molecule has 0 amide bonds. The van der Waals surface area contributed by atoms with Crippen LogP contribution in [-0.4, -0.2) is 18.7 Å². The fourth-order valence-electron chi connectivity index (χ4n) is 5.36. The lowest BCUT2D eigenvalue weighted by molar-refractivity contribution is -0.150. The van der Waals surface area contributed by atoms with Gasteiger partial charge in [0.2, 0.25) is 0 Å². The van der Waals surface area contributed by atoms with Gasteiger partial charge in [-0.1, -0.05) is 108 Å². The maximum atomic E-state index is 11.7. The Balaban J connectivity index is 1.35. The summed E-state index contributed by atoms with van der Waals surface area (Å²) >= 11 is 0. The Labute approximate surface area is 213 Å². The average molecular weight is 479 g/mol. The third kappa shape index (κ3) is 9.35. The van der Waals surface area contributed by atoms with E-state index < -0.39 is 6.10 Å². The van der Waals surface area contributed by atoms with Crippen molar-refractivity contribution in [3.63, 3.8) is 0 Å². The van der Waals surface area contributed by atoms with Crippen LogP contribution in [0.3, 0.4) is 0 Å². The molecular weight excluding hydrogens is 432 g/mol. The SMILES string of the molecule is CCCCC[C@H]1CC[C@H](CCCCc2ccc(-c3ccc(O[C@H](C)C(=O)OCC)cc3)cc2)CC1. The topological polar surface area (TPSA) is 35.5 Å². The number of rotatable bonds is 14. The van der Waals surface area contributed by atoms with Crippen LogP contribution in [0.5, 0.6) is 5.75 Å². The highest BCUT2D eigenvalue weighted by Gasteiger charge is 2.20. The largest absolute Gasteiger partial charge is 0.479 e. The van der Waals surface area contributed by atoms with Crippen LogP contribution in [-0.2, 0) is 16.0 Å². The number of hydrogen-bond acceptors (Lipinski definition) is 3. The Bertz CT molecular complexity index is 847. The number of aryl methyl sites for hydroxylation is 1. The van der Waals surface area contributed by atoms with Crippen LogP contribution < -0.4 is 4.74 Å². The molecule has 3 nitrogen and oxygen atoms in total. The van der Waals surface area contributed by atoms with Crippen LogP contribution in [0.2, 0.25) is 0 Å². The van der Waals surface area contributed by atoms with Crippen molar-refractivity contribution < 1.29 is 14.3 Å². The molecule has 35 heavy (non-hydrogen) atoms. The predicted octanol–water partition coefficient (Wildman–Crippen LogP) is 8.78. The van der Waals surface area contributed by atoms with Crippen LogP contribution in [0.4, 0.5) is 0 Å². The first-order chi connectivity index (χ1) is 17.1. The van der Waals surface area contributed by atoms with Gasteiger partial charge in [-0.2, -0.15) is 0 Å². The summed E-state index contributed by atoms with van der Waals surface area (Å²) in [5, 5.41) is 0. The lowest BCUT2D eigenvalue weighted by Gasteiger charge is -2.28. The lowest BCUT2D eigenvalue weighted by atomic mass is 9.78. The van der Waals surface area contributed by atoms with Crippen LogP contribution in [0, 0.1) is 11.8 Å². The first-order valence-corrected chi connectivity index (χ1v) is 14.1. The van der Waals surface area contributed by atoms with Crippen molar-refractivity contribution in [2.24, 2.45) is 11.8 Å². The number of ether oxygens (including phenoxy) is 2. The zero-order chi connectivity index (χ0) is 24.9. The summed E-state index contributed by atoms with van der Waals surface area (Å²) in [6, 6.07) is 16.9. The van der Waals surface area contributed by atoms with Gasteiger partial charge < -0.3 is 9.47 Å². The van der Waals surface area contributed by atoms with Crippen LogP contribution >= 0.6 is 0 Å². The van der Waals surface area contributed by atoms with E-state index in [0.717, 1.165) is 17.4 Å².